The molecule has 170 valence electrons. The topological polar surface area (TPSA) is 94.4 Å². The predicted octanol–water partition coefficient (Wildman–Crippen LogP) is 2.99. The minimum atomic E-state index is -0.231. The highest BCUT2D eigenvalue weighted by molar-refractivity contribution is 7.98. The number of para-hydroxylation sites is 1. The van der Waals surface area contributed by atoms with Crippen LogP contribution in [0.3, 0.4) is 0 Å². The van der Waals surface area contributed by atoms with Crippen LogP contribution in [0.5, 0.6) is 11.5 Å². The number of piperidine rings is 1. The number of nitrogens with one attached hydrogen (secondary N) is 1. The Morgan fingerprint density at radius 1 is 1.16 bits per heavy atom. The molecule has 1 aliphatic rings. The monoisotopic (exact) mass is 456 g/mol. The van der Waals surface area contributed by atoms with E-state index in [-0.39, 0.29) is 5.91 Å². The summed E-state index contributed by atoms with van der Waals surface area (Å²) in [6.07, 6.45) is 7.42. The van der Waals surface area contributed by atoms with E-state index in [0.29, 0.717) is 30.2 Å². The molecule has 3 aromatic rings. The van der Waals surface area contributed by atoms with Gasteiger partial charge in [0.1, 0.15) is 5.82 Å². The second kappa shape index (κ2) is 10.1. The Balaban J connectivity index is 1.51. The number of aromatic nitrogens is 4. The Kier molecular flexibility index (Phi) is 6.99. The van der Waals surface area contributed by atoms with Gasteiger partial charge in [0.05, 0.1) is 37.9 Å². The summed E-state index contributed by atoms with van der Waals surface area (Å²) in [4.78, 5) is 24.5. The van der Waals surface area contributed by atoms with Crippen molar-refractivity contribution < 1.29 is 14.3 Å². The van der Waals surface area contributed by atoms with Gasteiger partial charge in [-0.15, -0.1) is 0 Å². The number of thioether (sulfide) groups is 1. The molecule has 10 heteroatoms. The highest BCUT2D eigenvalue weighted by Gasteiger charge is 2.20. The van der Waals surface area contributed by atoms with Gasteiger partial charge >= 0.3 is 0 Å². The van der Waals surface area contributed by atoms with Crippen LogP contribution in [0.15, 0.2) is 29.6 Å². The van der Waals surface area contributed by atoms with Crippen LogP contribution < -0.4 is 19.7 Å². The molecule has 1 fully saturated rings. The van der Waals surface area contributed by atoms with E-state index in [0.717, 1.165) is 35.1 Å². The van der Waals surface area contributed by atoms with Crippen molar-refractivity contribution in [2.75, 3.05) is 45.0 Å². The van der Waals surface area contributed by atoms with Crippen LogP contribution >= 0.6 is 11.8 Å². The van der Waals surface area contributed by atoms with Crippen LogP contribution in [0.25, 0.3) is 11.0 Å². The van der Waals surface area contributed by atoms with Gasteiger partial charge in [-0.1, -0.05) is 17.8 Å². The summed E-state index contributed by atoms with van der Waals surface area (Å²) in [7, 11) is 3.07. The molecule has 32 heavy (non-hydrogen) atoms. The maximum absolute atomic E-state index is 12.7. The van der Waals surface area contributed by atoms with Crippen LogP contribution in [0.4, 0.5) is 5.82 Å². The van der Waals surface area contributed by atoms with Crippen molar-refractivity contribution in [2.45, 2.75) is 31.0 Å². The standard InChI is InChI=1S/C22H28N6O3S/c1-30-17-9-7-8-15(18(17)31-2)21(29)23-10-13-28-20-16(14-24-28)19(25-22(26-20)32-3)27-11-5-4-6-12-27/h7-9,14H,4-6,10-13H2,1-3H3,(H,23,29). The van der Waals surface area contributed by atoms with E-state index in [1.54, 1.807) is 25.3 Å². The molecule has 0 saturated carbocycles. The van der Waals surface area contributed by atoms with Gasteiger partial charge in [-0.05, 0) is 37.7 Å². The summed E-state index contributed by atoms with van der Waals surface area (Å²) in [6, 6.07) is 5.23. The zero-order chi connectivity index (χ0) is 22.5. The van der Waals surface area contributed by atoms with Crippen molar-refractivity contribution in [3.63, 3.8) is 0 Å². The summed E-state index contributed by atoms with van der Waals surface area (Å²) in [5.74, 6) is 1.66. The number of ether oxygens (including phenoxy) is 2. The average molecular weight is 457 g/mol. The van der Waals surface area contributed by atoms with Crippen LogP contribution in [0.2, 0.25) is 0 Å². The van der Waals surface area contributed by atoms with E-state index < -0.39 is 0 Å². The molecule has 1 saturated heterocycles. The number of hydrogen-bond donors (Lipinski definition) is 1. The number of anilines is 1. The summed E-state index contributed by atoms with van der Waals surface area (Å²) in [6.45, 7) is 2.90. The summed E-state index contributed by atoms with van der Waals surface area (Å²) >= 11 is 1.52. The Morgan fingerprint density at radius 3 is 2.69 bits per heavy atom. The Labute approximate surface area is 191 Å². The second-order valence-corrected chi connectivity index (χ2v) is 8.26. The van der Waals surface area contributed by atoms with E-state index >= 15 is 0 Å². The number of amides is 1. The van der Waals surface area contributed by atoms with Crippen LogP contribution in [-0.2, 0) is 6.54 Å². The zero-order valence-corrected chi connectivity index (χ0v) is 19.4. The lowest BCUT2D eigenvalue weighted by atomic mass is 10.1. The third-order valence-electron chi connectivity index (χ3n) is 5.55. The third-order valence-corrected chi connectivity index (χ3v) is 6.10. The maximum atomic E-state index is 12.7. The molecule has 4 rings (SSSR count). The lowest BCUT2D eigenvalue weighted by Crippen LogP contribution is -2.30. The van der Waals surface area contributed by atoms with Gasteiger partial charge in [-0.2, -0.15) is 5.10 Å². The van der Waals surface area contributed by atoms with Crippen molar-refractivity contribution in [1.29, 1.82) is 0 Å². The van der Waals surface area contributed by atoms with Gasteiger partial charge in [0.2, 0.25) is 0 Å². The summed E-state index contributed by atoms with van der Waals surface area (Å²) < 4.78 is 12.5. The number of rotatable bonds is 8. The molecular formula is C22H28N6O3S. The maximum Gasteiger partial charge on any atom is 0.255 e. The molecule has 1 aliphatic heterocycles. The average Bonchev–Trinajstić information content (AvgIpc) is 3.26. The Morgan fingerprint density at radius 2 is 1.97 bits per heavy atom. The fourth-order valence-corrected chi connectivity index (χ4v) is 4.31. The molecule has 0 bridgehead atoms. The minimum Gasteiger partial charge on any atom is -0.493 e. The first-order chi connectivity index (χ1) is 15.7. The smallest absolute Gasteiger partial charge is 0.255 e. The molecular weight excluding hydrogens is 428 g/mol. The lowest BCUT2D eigenvalue weighted by Gasteiger charge is -2.28. The number of carbonyl (C=O) groups is 1. The fourth-order valence-electron chi connectivity index (χ4n) is 3.96. The molecule has 1 N–H and O–H groups in total. The molecule has 0 radical (unpaired) electrons. The zero-order valence-electron chi connectivity index (χ0n) is 18.6. The van der Waals surface area contributed by atoms with Crippen LogP contribution in [0.1, 0.15) is 29.6 Å². The van der Waals surface area contributed by atoms with E-state index in [1.807, 2.05) is 17.1 Å². The predicted molar refractivity (Wildman–Crippen MR) is 125 cm³/mol. The molecule has 0 unspecified atom stereocenters. The van der Waals surface area contributed by atoms with Crippen LogP contribution in [0, 0.1) is 0 Å². The molecule has 2 aromatic heterocycles. The Hall–Kier alpha value is -3.01. The van der Waals surface area contributed by atoms with Gasteiger partial charge in [-0.25, -0.2) is 14.6 Å². The van der Waals surface area contributed by atoms with Crippen molar-refractivity contribution in [1.82, 2.24) is 25.1 Å². The van der Waals surface area contributed by atoms with Crippen molar-refractivity contribution in [3.8, 4) is 11.5 Å². The molecule has 9 nitrogen and oxygen atoms in total. The van der Waals surface area contributed by atoms with Crippen molar-refractivity contribution in [2.24, 2.45) is 0 Å². The fraction of sp³-hybridized carbons (Fsp3) is 0.455. The molecule has 1 amide bonds. The van der Waals surface area contributed by atoms with Crippen molar-refractivity contribution >= 4 is 34.5 Å². The quantitative estimate of drug-likeness (QED) is 0.408. The van der Waals surface area contributed by atoms with Gasteiger partial charge in [-0.3, -0.25) is 4.79 Å². The van der Waals surface area contributed by atoms with E-state index in [1.165, 1.54) is 38.1 Å². The van der Waals surface area contributed by atoms with E-state index in [9.17, 15) is 4.79 Å². The van der Waals surface area contributed by atoms with Gasteiger partial charge in [0, 0.05) is 19.6 Å². The number of benzene rings is 1. The number of carbonyl (C=O) groups excluding carboxylic acids is 1. The number of fused-ring (bicyclic) bond motifs is 1. The highest BCUT2D eigenvalue weighted by Crippen LogP contribution is 2.31. The van der Waals surface area contributed by atoms with E-state index in [4.69, 9.17) is 19.4 Å². The second-order valence-electron chi connectivity index (χ2n) is 7.48. The first kappa shape index (κ1) is 22.2. The van der Waals surface area contributed by atoms with Crippen molar-refractivity contribution in [3.05, 3.63) is 30.0 Å². The largest absolute Gasteiger partial charge is 0.493 e. The first-order valence-electron chi connectivity index (χ1n) is 10.7. The molecule has 0 aliphatic carbocycles. The normalized spacial score (nSPS) is 13.9. The molecule has 0 atom stereocenters. The lowest BCUT2D eigenvalue weighted by molar-refractivity contribution is 0.0948. The van der Waals surface area contributed by atoms with Gasteiger partial charge < -0.3 is 19.7 Å². The van der Waals surface area contributed by atoms with E-state index in [2.05, 4.69) is 15.3 Å². The summed E-state index contributed by atoms with van der Waals surface area (Å²) in [5, 5.41) is 9.16. The number of hydrogen-bond acceptors (Lipinski definition) is 8. The Bertz CT molecular complexity index is 1100. The molecule has 1 aromatic carbocycles. The minimum absolute atomic E-state index is 0.231. The SMILES string of the molecule is COc1cccc(C(=O)NCCn2ncc3c(N4CCCCC4)nc(SC)nc32)c1OC. The third kappa shape index (κ3) is 4.45. The highest BCUT2D eigenvalue weighted by atomic mass is 32.2. The van der Waals surface area contributed by atoms with Gasteiger partial charge in [0.15, 0.2) is 22.3 Å². The molecule has 3 heterocycles. The number of nitrogens with zero attached hydrogens (tertiary/aromatic N) is 5. The molecule has 0 spiro atoms. The summed E-state index contributed by atoms with van der Waals surface area (Å²) in [5.41, 5.74) is 1.22. The first-order valence-corrected chi connectivity index (χ1v) is 11.9. The van der Waals surface area contributed by atoms with Gasteiger partial charge in [0.25, 0.3) is 5.91 Å². The van der Waals surface area contributed by atoms with Crippen LogP contribution in [-0.4, -0.2) is 65.8 Å². The number of methoxy groups -OCH3 is 2.